The third-order valence-electron chi connectivity index (χ3n) is 7.28. The van der Waals surface area contributed by atoms with E-state index in [4.69, 9.17) is 30.5 Å². The van der Waals surface area contributed by atoms with Crippen molar-refractivity contribution in [3.63, 3.8) is 0 Å². The Bertz CT molecular complexity index is 2200. The van der Waals surface area contributed by atoms with Crippen LogP contribution in [-0.4, -0.2) is 35.5 Å². The fourth-order valence-corrected chi connectivity index (χ4v) is 5.24. The first-order chi connectivity index (χ1) is 22.3. The molecule has 2 heterocycles. The van der Waals surface area contributed by atoms with Crippen LogP contribution in [0.5, 0.6) is 11.5 Å². The molecular weight excluding hydrogens is 604 g/mol. The molecule has 9 nitrogen and oxygen atoms in total. The molecule has 1 N–H and O–H groups in total. The van der Waals surface area contributed by atoms with E-state index in [1.54, 1.807) is 54.6 Å². The summed E-state index contributed by atoms with van der Waals surface area (Å²) in [6.45, 7) is 5.55. The van der Waals surface area contributed by atoms with Gasteiger partial charge in [-0.15, -0.1) is 6.58 Å². The van der Waals surface area contributed by atoms with Crippen molar-refractivity contribution in [1.82, 2.24) is 9.66 Å². The zero-order chi connectivity index (χ0) is 32.2. The van der Waals surface area contributed by atoms with Crippen LogP contribution in [0, 0.1) is 6.92 Å². The van der Waals surface area contributed by atoms with E-state index in [0.29, 0.717) is 56.4 Å². The van der Waals surface area contributed by atoms with Gasteiger partial charge in [0.2, 0.25) is 5.82 Å². The summed E-state index contributed by atoms with van der Waals surface area (Å²) >= 11 is 6.19. The predicted octanol–water partition coefficient (Wildman–Crippen LogP) is 7.41. The molecule has 6 aromatic rings. The molecule has 0 bridgehead atoms. The standard InChI is InChI=1S/C36H29ClN4O5/c1-4-9-24-16-23(17-31(44-3)34(24)45-21-33(42)39-28-12-7-5-10-22(28)2)20-38-41-35(40-29-13-8-6-11-27(29)36(41)43)32-19-25-18-26(37)14-15-30(25)46-32/h4-8,10-20H,1,9,21H2,2-3H3,(H,39,42). The first kappa shape index (κ1) is 30.4. The number of methoxy groups -OCH3 is 1. The van der Waals surface area contributed by atoms with Gasteiger partial charge in [-0.05, 0) is 79.1 Å². The third-order valence-corrected chi connectivity index (χ3v) is 7.51. The molecule has 4 aromatic carbocycles. The topological polar surface area (TPSA) is 108 Å². The number of furan rings is 1. The minimum Gasteiger partial charge on any atom is -0.493 e. The summed E-state index contributed by atoms with van der Waals surface area (Å²) < 4.78 is 18.9. The van der Waals surface area contributed by atoms with Gasteiger partial charge in [0, 0.05) is 21.7 Å². The molecule has 230 valence electrons. The van der Waals surface area contributed by atoms with Gasteiger partial charge in [0.25, 0.3) is 11.5 Å². The molecule has 0 unspecified atom stereocenters. The molecule has 0 saturated carbocycles. The number of fused-ring (bicyclic) bond motifs is 2. The number of para-hydroxylation sites is 2. The highest BCUT2D eigenvalue weighted by Crippen LogP contribution is 2.34. The highest BCUT2D eigenvalue weighted by atomic mass is 35.5. The summed E-state index contributed by atoms with van der Waals surface area (Å²) in [5, 5.41) is 9.17. The Morgan fingerprint density at radius 2 is 1.89 bits per heavy atom. The number of ether oxygens (including phenoxy) is 2. The van der Waals surface area contributed by atoms with E-state index in [9.17, 15) is 9.59 Å². The Hall–Kier alpha value is -5.67. The summed E-state index contributed by atoms with van der Waals surface area (Å²) in [5.74, 6) is 1.07. The quantitative estimate of drug-likeness (QED) is 0.124. The van der Waals surface area contributed by atoms with E-state index in [0.717, 1.165) is 16.5 Å². The molecule has 6 rings (SSSR count). The van der Waals surface area contributed by atoms with Crippen molar-refractivity contribution in [2.45, 2.75) is 13.3 Å². The number of hydrogen-bond donors (Lipinski definition) is 1. The second-order valence-electron chi connectivity index (χ2n) is 10.5. The number of carbonyl (C=O) groups is 1. The van der Waals surface area contributed by atoms with Gasteiger partial charge in [0.15, 0.2) is 23.9 Å². The van der Waals surface area contributed by atoms with E-state index in [1.807, 2.05) is 43.3 Å². The fourth-order valence-electron chi connectivity index (χ4n) is 5.06. The minimum absolute atomic E-state index is 0.227. The van der Waals surface area contributed by atoms with Gasteiger partial charge in [-0.1, -0.05) is 48.0 Å². The van der Waals surface area contributed by atoms with Crippen LogP contribution < -0.4 is 20.3 Å². The Kier molecular flexibility index (Phi) is 8.67. The van der Waals surface area contributed by atoms with E-state index in [-0.39, 0.29) is 23.9 Å². The van der Waals surface area contributed by atoms with Crippen molar-refractivity contribution >= 4 is 51.3 Å². The first-order valence-corrected chi connectivity index (χ1v) is 14.8. The smallest absolute Gasteiger partial charge is 0.282 e. The lowest BCUT2D eigenvalue weighted by atomic mass is 10.1. The highest BCUT2D eigenvalue weighted by molar-refractivity contribution is 6.31. The normalized spacial score (nSPS) is 11.3. The Morgan fingerprint density at radius 3 is 2.70 bits per heavy atom. The molecule has 2 aromatic heterocycles. The van der Waals surface area contributed by atoms with Gasteiger partial charge < -0.3 is 19.2 Å². The largest absolute Gasteiger partial charge is 0.493 e. The number of carbonyl (C=O) groups excluding carboxylic acids is 1. The van der Waals surface area contributed by atoms with E-state index >= 15 is 0 Å². The monoisotopic (exact) mass is 632 g/mol. The van der Waals surface area contributed by atoms with Crippen LogP contribution in [0.3, 0.4) is 0 Å². The fraction of sp³-hybridized carbons (Fsp3) is 0.111. The lowest BCUT2D eigenvalue weighted by Gasteiger charge is -2.16. The summed E-state index contributed by atoms with van der Waals surface area (Å²) in [7, 11) is 1.51. The zero-order valence-corrected chi connectivity index (χ0v) is 25.9. The van der Waals surface area contributed by atoms with Gasteiger partial charge in [-0.25, -0.2) is 4.98 Å². The number of rotatable bonds is 10. The number of allylic oxidation sites excluding steroid dienone is 1. The molecule has 0 radical (unpaired) electrons. The second kappa shape index (κ2) is 13.1. The highest BCUT2D eigenvalue weighted by Gasteiger charge is 2.18. The van der Waals surface area contributed by atoms with Crippen LogP contribution in [0.2, 0.25) is 5.02 Å². The number of nitrogens with one attached hydrogen (secondary N) is 1. The van der Waals surface area contributed by atoms with Crippen molar-refractivity contribution in [2.24, 2.45) is 5.10 Å². The maximum Gasteiger partial charge on any atom is 0.282 e. The maximum absolute atomic E-state index is 13.7. The molecule has 0 spiro atoms. The van der Waals surface area contributed by atoms with Crippen molar-refractivity contribution in [2.75, 3.05) is 19.0 Å². The van der Waals surface area contributed by atoms with Crippen molar-refractivity contribution in [3.8, 4) is 23.1 Å². The molecule has 10 heteroatoms. The Labute approximate surface area is 269 Å². The SMILES string of the molecule is C=CCc1cc(C=Nn2c(-c3cc4cc(Cl)ccc4o3)nc3ccccc3c2=O)cc(OC)c1OCC(=O)Nc1ccccc1C. The number of nitrogens with zero attached hydrogens (tertiary/aromatic N) is 3. The number of aromatic nitrogens is 2. The van der Waals surface area contributed by atoms with Crippen LogP contribution in [0.1, 0.15) is 16.7 Å². The summed E-state index contributed by atoms with van der Waals surface area (Å²) in [5.41, 5.74) is 3.73. The second-order valence-corrected chi connectivity index (χ2v) is 10.9. The molecule has 0 atom stereocenters. The van der Waals surface area contributed by atoms with Gasteiger partial charge in [0.05, 0.1) is 24.2 Å². The van der Waals surface area contributed by atoms with Gasteiger partial charge in [-0.3, -0.25) is 9.59 Å². The van der Waals surface area contributed by atoms with E-state index < -0.39 is 0 Å². The van der Waals surface area contributed by atoms with Gasteiger partial charge in [-0.2, -0.15) is 9.78 Å². The molecule has 0 fully saturated rings. The molecular formula is C36H29ClN4O5. The molecule has 0 aliphatic heterocycles. The van der Waals surface area contributed by atoms with Gasteiger partial charge >= 0.3 is 0 Å². The molecule has 46 heavy (non-hydrogen) atoms. The van der Waals surface area contributed by atoms with Crippen LogP contribution in [-0.2, 0) is 11.2 Å². The molecule has 0 saturated heterocycles. The number of anilines is 1. The average molecular weight is 633 g/mol. The number of halogens is 1. The Balaban J connectivity index is 1.36. The lowest BCUT2D eigenvalue weighted by molar-refractivity contribution is -0.118. The summed E-state index contributed by atoms with van der Waals surface area (Å²) in [4.78, 5) is 31.2. The number of hydrogen-bond acceptors (Lipinski definition) is 7. The van der Waals surface area contributed by atoms with Gasteiger partial charge in [0.1, 0.15) is 5.58 Å². The summed E-state index contributed by atoms with van der Waals surface area (Å²) in [6, 6.07) is 25.2. The van der Waals surface area contributed by atoms with Crippen LogP contribution in [0.15, 0.2) is 112 Å². The molecule has 0 aliphatic rings. The number of aryl methyl sites for hydroxylation is 1. The number of benzene rings is 4. The predicted molar refractivity (Wildman–Crippen MR) is 181 cm³/mol. The van der Waals surface area contributed by atoms with Crippen LogP contribution in [0.4, 0.5) is 5.69 Å². The van der Waals surface area contributed by atoms with Crippen LogP contribution in [0.25, 0.3) is 33.5 Å². The molecule has 1 amide bonds. The van der Waals surface area contributed by atoms with Crippen molar-refractivity contribution in [1.29, 1.82) is 0 Å². The number of amides is 1. The minimum atomic E-state index is -0.367. The van der Waals surface area contributed by atoms with E-state index in [1.165, 1.54) is 18.0 Å². The van der Waals surface area contributed by atoms with Crippen molar-refractivity contribution in [3.05, 3.63) is 130 Å². The maximum atomic E-state index is 13.7. The van der Waals surface area contributed by atoms with E-state index in [2.05, 4.69) is 17.0 Å². The molecule has 0 aliphatic carbocycles. The third kappa shape index (κ3) is 6.27. The Morgan fingerprint density at radius 1 is 1.09 bits per heavy atom. The first-order valence-electron chi connectivity index (χ1n) is 14.4. The average Bonchev–Trinajstić information content (AvgIpc) is 3.48. The summed E-state index contributed by atoms with van der Waals surface area (Å²) in [6.07, 6.45) is 3.68. The zero-order valence-electron chi connectivity index (χ0n) is 25.1. The lowest BCUT2D eigenvalue weighted by Crippen LogP contribution is -2.21. The van der Waals surface area contributed by atoms with Crippen molar-refractivity contribution < 1.29 is 18.7 Å². The van der Waals surface area contributed by atoms with Crippen LogP contribution >= 0.6 is 11.6 Å².